The van der Waals surface area contributed by atoms with Crippen molar-refractivity contribution in [2.24, 2.45) is 16.7 Å². The molecular formula is C17H26O3. The molecule has 0 spiro atoms. The molecule has 0 aliphatic heterocycles. The van der Waals surface area contributed by atoms with Gasteiger partial charge in [-0.15, -0.1) is 5.73 Å². The lowest BCUT2D eigenvalue weighted by atomic mass is 9.82. The molecule has 0 aromatic heterocycles. The van der Waals surface area contributed by atoms with Crippen LogP contribution in [0.2, 0.25) is 0 Å². The number of ether oxygens (including phenoxy) is 2. The number of carbonyl (C=O) groups excluding carboxylic acids is 1. The Hall–Kier alpha value is -1.05. The molecule has 0 aromatic rings. The zero-order valence-corrected chi connectivity index (χ0v) is 13.1. The van der Waals surface area contributed by atoms with E-state index in [1.165, 1.54) is 6.08 Å². The van der Waals surface area contributed by atoms with Crippen LogP contribution in [-0.2, 0) is 14.3 Å². The van der Waals surface area contributed by atoms with Gasteiger partial charge in [-0.2, -0.15) is 0 Å². The molecule has 20 heavy (non-hydrogen) atoms. The predicted octanol–water partition coefficient (Wildman–Crippen LogP) is 3.49. The van der Waals surface area contributed by atoms with E-state index in [0.29, 0.717) is 12.5 Å². The van der Waals surface area contributed by atoms with Gasteiger partial charge >= 0.3 is 5.97 Å². The van der Waals surface area contributed by atoms with Crippen molar-refractivity contribution in [3.63, 3.8) is 0 Å². The average molecular weight is 278 g/mol. The summed E-state index contributed by atoms with van der Waals surface area (Å²) in [7, 11) is 0. The summed E-state index contributed by atoms with van der Waals surface area (Å²) >= 11 is 0. The second kappa shape index (κ2) is 5.38. The van der Waals surface area contributed by atoms with Crippen molar-refractivity contribution in [3.8, 4) is 0 Å². The molecule has 0 heterocycles. The Kier molecular flexibility index (Phi) is 4.13. The lowest BCUT2D eigenvalue weighted by Gasteiger charge is -2.37. The summed E-state index contributed by atoms with van der Waals surface area (Å²) in [6.45, 7) is 12.8. The van der Waals surface area contributed by atoms with Crippen LogP contribution in [-0.4, -0.2) is 24.8 Å². The summed E-state index contributed by atoms with van der Waals surface area (Å²) in [4.78, 5) is 11.7. The highest BCUT2D eigenvalue weighted by Gasteiger charge is 2.57. The minimum atomic E-state index is -0.356. The van der Waals surface area contributed by atoms with Crippen LogP contribution in [0.5, 0.6) is 0 Å². The van der Waals surface area contributed by atoms with Crippen LogP contribution in [0, 0.1) is 16.7 Å². The molecule has 3 nitrogen and oxygen atoms in total. The third-order valence-corrected chi connectivity index (χ3v) is 4.43. The highest BCUT2D eigenvalue weighted by atomic mass is 16.6. The van der Waals surface area contributed by atoms with Crippen LogP contribution in [0.3, 0.4) is 0 Å². The Balaban J connectivity index is 2.08. The van der Waals surface area contributed by atoms with Gasteiger partial charge in [0.2, 0.25) is 0 Å². The van der Waals surface area contributed by atoms with E-state index in [1.807, 2.05) is 0 Å². The maximum absolute atomic E-state index is 11.7. The molecule has 3 heteroatoms. The quantitative estimate of drug-likeness (QED) is 0.448. The lowest BCUT2D eigenvalue weighted by molar-refractivity contribution is -0.163. The number of hydrogen-bond acceptors (Lipinski definition) is 3. The fraction of sp³-hybridized carbons (Fsp3) is 0.765. The van der Waals surface area contributed by atoms with Gasteiger partial charge in [-0.3, -0.25) is 0 Å². The Morgan fingerprint density at radius 3 is 2.80 bits per heavy atom. The zero-order valence-electron chi connectivity index (χ0n) is 13.1. The summed E-state index contributed by atoms with van der Waals surface area (Å²) in [5.74, 6) is 0.0812. The number of rotatable bonds is 4. The van der Waals surface area contributed by atoms with Gasteiger partial charge in [0.15, 0.2) is 0 Å². The van der Waals surface area contributed by atoms with Crippen LogP contribution in [0.15, 0.2) is 18.4 Å². The zero-order chi connectivity index (χ0) is 15.0. The first kappa shape index (κ1) is 15.3. The van der Waals surface area contributed by atoms with Crippen molar-refractivity contribution < 1.29 is 14.3 Å². The first-order valence-corrected chi connectivity index (χ1v) is 7.43. The van der Waals surface area contributed by atoms with Gasteiger partial charge < -0.3 is 9.47 Å². The topological polar surface area (TPSA) is 35.5 Å². The Morgan fingerprint density at radius 2 is 2.20 bits per heavy atom. The van der Waals surface area contributed by atoms with Crippen LogP contribution < -0.4 is 0 Å². The maximum atomic E-state index is 11.7. The smallest absolute Gasteiger partial charge is 0.338 e. The van der Waals surface area contributed by atoms with Crippen LogP contribution >= 0.6 is 0 Å². The minimum absolute atomic E-state index is 0.0163. The van der Waals surface area contributed by atoms with Crippen molar-refractivity contribution in [2.75, 3.05) is 6.61 Å². The molecule has 2 rings (SSSR count). The minimum Gasteiger partial charge on any atom is -0.456 e. The standard InChI is InChI=1S/C17H26O3/c1-6-7-13(18)20-14-12-8-9-17(5,10-12)15(14)19-11-16(2,3)4/h7,12,14-15H,1,8-11H2,2-5H3/t12-,14+,15+,17+/m0/s1. The molecule has 2 bridgehead atoms. The Labute approximate surface area is 122 Å². The van der Waals surface area contributed by atoms with Gasteiger partial charge in [-0.1, -0.05) is 34.3 Å². The number of esters is 1. The van der Waals surface area contributed by atoms with Crippen LogP contribution in [0.1, 0.15) is 47.0 Å². The lowest BCUT2D eigenvalue weighted by Crippen LogP contribution is -2.43. The predicted molar refractivity (Wildman–Crippen MR) is 78.2 cm³/mol. The second-order valence-electron chi connectivity index (χ2n) is 7.70. The Bertz CT molecular complexity index is 428. The van der Waals surface area contributed by atoms with Gasteiger partial charge in [-0.25, -0.2) is 4.79 Å². The molecule has 112 valence electrons. The number of fused-ring (bicyclic) bond motifs is 2. The number of carbonyl (C=O) groups is 1. The summed E-state index contributed by atoms with van der Waals surface area (Å²) in [6, 6.07) is 0. The van der Waals surface area contributed by atoms with Crippen LogP contribution in [0.25, 0.3) is 0 Å². The summed E-state index contributed by atoms with van der Waals surface area (Å²) in [5.41, 5.74) is 2.75. The van der Waals surface area contributed by atoms with Gasteiger partial charge in [-0.05, 0) is 36.0 Å². The molecule has 0 unspecified atom stereocenters. The molecule has 0 radical (unpaired) electrons. The molecule has 0 aromatic carbocycles. The van der Waals surface area contributed by atoms with Gasteiger partial charge in [0.25, 0.3) is 0 Å². The van der Waals surface area contributed by atoms with E-state index in [1.54, 1.807) is 0 Å². The van der Waals surface area contributed by atoms with E-state index in [4.69, 9.17) is 9.47 Å². The van der Waals surface area contributed by atoms with Gasteiger partial charge in [0.05, 0.1) is 12.7 Å². The number of hydrogen-bond donors (Lipinski definition) is 0. The fourth-order valence-corrected chi connectivity index (χ4v) is 3.55. The molecular weight excluding hydrogens is 252 g/mol. The van der Waals surface area contributed by atoms with Crippen molar-refractivity contribution >= 4 is 5.97 Å². The summed E-state index contributed by atoms with van der Waals surface area (Å²) in [5, 5.41) is 0. The molecule has 2 aliphatic rings. The van der Waals surface area contributed by atoms with Crippen molar-refractivity contribution in [1.82, 2.24) is 0 Å². The molecule has 2 fully saturated rings. The normalized spacial score (nSPS) is 35.7. The largest absolute Gasteiger partial charge is 0.456 e. The average Bonchev–Trinajstić information content (AvgIpc) is 2.80. The monoisotopic (exact) mass is 278 g/mol. The molecule has 0 N–H and O–H groups in total. The first-order valence-electron chi connectivity index (χ1n) is 7.43. The van der Waals surface area contributed by atoms with E-state index in [0.717, 1.165) is 19.3 Å². The van der Waals surface area contributed by atoms with Gasteiger partial charge in [0.1, 0.15) is 12.2 Å². The molecule has 4 atom stereocenters. The molecule has 2 saturated carbocycles. The van der Waals surface area contributed by atoms with E-state index >= 15 is 0 Å². The highest BCUT2D eigenvalue weighted by molar-refractivity contribution is 5.81. The van der Waals surface area contributed by atoms with Crippen molar-refractivity contribution in [1.29, 1.82) is 0 Å². The molecule has 0 amide bonds. The highest BCUT2D eigenvalue weighted by Crippen LogP contribution is 2.56. The fourth-order valence-electron chi connectivity index (χ4n) is 3.55. The van der Waals surface area contributed by atoms with E-state index < -0.39 is 0 Å². The van der Waals surface area contributed by atoms with Crippen LogP contribution in [0.4, 0.5) is 0 Å². The van der Waals surface area contributed by atoms with Crippen molar-refractivity contribution in [2.45, 2.75) is 59.2 Å². The molecule has 0 saturated heterocycles. The third-order valence-electron chi connectivity index (χ3n) is 4.43. The third kappa shape index (κ3) is 3.16. The van der Waals surface area contributed by atoms with Crippen molar-refractivity contribution in [3.05, 3.63) is 18.4 Å². The van der Waals surface area contributed by atoms with E-state index in [-0.39, 0.29) is 29.0 Å². The SMILES string of the molecule is C=C=CC(=O)O[C@@H]1[C@H]2CC[C@](C)(C2)[C@@H]1OCC(C)(C)C. The van der Waals surface area contributed by atoms with Gasteiger partial charge in [0, 0.05) is 0 Å². The Morgan fingerprint density at radius 1 is 1.50 bits per heavy atom. The second-order valence-corrected chi connectivity index (χ2v) is 7.70. The first-order chi connectivity index (χ1) is 9.25. The molecule has 2 aliphatic carbocycles. The van der Waals surface area contributed by atoms with E-state index in [2.05, 4.69) is 40.0 Å². The maximum Gasteiger partial charge on any atom is 0.338 e. The van der Waals surface area contributed by atoms with E-state index in [9.17, 15) is 4.79 Å². The summed E-state index contributed by atoms with van der Waals surface area (Å²) in [6.07, 6.45) is 4.54. The summed E-state index contributed by atoms with van der Waals surface area (Å²) < 4.78 is 11.8.